The van der Waals surface area contributed by atoms with Gasteiger partial charge in [0, 0.05) is 23.6 Å². The molecule has 0 saturated carbocycles. The maximum atomic E-state index is 13.4. The van der Waals surface area contributed by atoms with Crippen LogP contribution in [0.2, 0.25) is 0 Å². The molecule has 0 fully saturated rings. The molecule has 19 heavy (non-hydrogen) atoms. The minimum atomic E-state index is -0.417. The number of rotatable bonds is 2. The Morgan fingerprint density at radius 1 is 1.00 bits per heavy atom. The SMILES string of the molecule is Nc1ccc(Cn2ccc3cc(F)ccc32)cc1F. The molecule has 3 aromatic rings. The molecule has 96 valence electrons. The highest BCUT2D eigenvalue weighted by Crippen LogP contribution is 2.19. The van der Waals surface area contributed by atoms with Crippen molar-refractivity contribution in [3.05, 3.63) is 65.9 Å². The summed E-state index contributed by atoms with van der Waals surface area (Å²) in [5.41, 5.74) is 7.32. The average Bonchev–Trinajstić information content (AvgIpc) is 2.76. The number of fused-ring (bicyclic) bond motifs is 1. The van der Waals surface area contributed by atoms with Crippen molar-refractivity contribution in [1.29, 1.82) is 0 Å². The molecule has 0 radical (unpaired) electrons. The van der Waals surface area contributed by atoms with Crippen molar-refractivity contribution in [2.45, 2.75) is 6.54 Å². The lowest BCUT2D eigenvalue weighted by molar-refractivity contribution is 0.628. The van der Waals surface area contributed by atoms with E-state index < -0.39 is 5.82 Å². The van der Waals surface area contributed by atoms with E-state index in [0.717, 1.165) is 16.5 Å². The number of nitrogen functional groups attached to an aromatic ring is 1. The summed E-state index contributed by atoms with van der Waals surface area (Å²) in [5.74, 6) is -0.677. The summed E-state index contributed by atoms with van der Waals surface area (Å²) in [7, 11) is 0. The molecular weight excluding hydrogens is 246 g/mol. The smallest absolute Gasteiger partial charge is 0.146 e. The van der Waals surface area contributed by atoms with Gasteiger partial charge in [-0.3, -0.25) is 0 Å². The lowest BCUT2D eigenvalue weighted by Gasteiger charge is -2.07. The standard InChI is InChI=1S/C15H12F2N2/c16-12-2-4-15-11(8-12)5-6-19(15)9-10-1-3-14(18)13(17)7-10/h1-8H,9,18H2. The van der Waals surface area contributed by atoms with Crippen LogP contribution in [-0.2, 0) is 6.54 Å². The summed E-state index contributed by atoms with van der Waals surface area (Å²) in [4.78, 5) is 0. The molecular formula is C15H12F2N2. The summed E-state index contributed by atoms with van der Waals surface area (Å²) in [6.07, 6.45) is 1.86. The van der Waals surface area contributed by atoms with Crippen LogP contribution in [0.5, 0.6) is 0 Å². The van der Waals surface area contributed by atoms with E-state index in [1.807, 2.05) is 16.8 Å². The first-order valence-electron chi connectivity index (χ1n) is 5.92. The van der Waals surface area contributed by atoms with Crippen LogP contribution in [0.3, 0.4) is 0 Å². The summed E-state index contributed by atoms with van der Waals surface area (Å²) in [6.45, 7) is 0.520. The van der Waals surface area contributed by atoms with Crippen LogP contribution in [0.15, 0.2) is 48.7 Å². The molecule has 0 aliphatic carbocycles. The van der Waals surface area contributed by atoms with E-state index in [9.17, 15) is 8.78 Å². The third-order valence-corrected chi connectivity index (χ3v) is 3.15. The van der Waals surface area contributed by atoms with Gasteiger partial charge >= 0.3 is 0 Å². The van der Waals surface area contributed by atoms with Crippen molar-refractivity contribution in [2.24, 2.45) is 0 Å². The van der Waals surface area contributed by atoms with Crippen LogP contribution >= 0.6 is 0 Å². The van der Waals surface area contributed by atoms with Gasteiger partial charge in [-0.25, -0.2) is 8.78 Å². The molecule has 4 heteroatoms. The molecule has 0 amide bonds. The Labute approximate surface area is 109 Å². The minimum Gasteiger partial charge on any atom is -0.396 e. The summed E-state index contributed by atoms with van der Waals surface area (Å²) < 4.78 is 28.4. The molecule has 3 rings (SSSR count). The minimum absolute atomic E-state index is 0.142. The molecule has 2 N–H and O–H groups in total. The lowest BCUT2D eigenvalue weighted by Crippen LogP contribution is -1.99. The average molecular weight is 258 g/mol. The maximum absolute atomic E-state index is 13.4. The van der Waals surface area contributed by atoms with Crippen molar-refractivity contribution in [3.63, 3.8) is 0 Å². The zero-order valence-corrected chi connectivity index (χ0v) is 10.1. The van der Waals surface area contributed by atoms with Gasteiger partial charge in [-0.2, -0.15) is 0 Å². The van der Waals surface area contributed by atoms with E-state index in [0.29, 0.717) is 6.54 Å². The van der Waals surface area contributed by atoms with Crippen molar-refractivity contribution < 1.29 is 8.78 Å². The number of hydrogen-bond donors (Lipinski definition) is 1. The van der Waals surface area contributed by atoms with Gasteiger partial charge in [-0.05, 0) is 42.0 Å². The van der Waals surface area contributed by atoms with Crippen molar-refractivity contribution >= 4 is 16.6 Å². The summed E-state index contributed by atoms with van der Waals surface area (Å²) in [6, 6.07) is 11.2. The van der Waals surface area contributed by atoms with Gasteiger partial charge in [-0.1, -0.05) is 6.07 Å². The molecule has 1 aromatic heterocycles. The van der Waals surface area contributed by atoms with Crippen LogP contribution in [0.25, 0.3) is 10.9 Å². The first-order valence-corrected chi connectivity index (χ1v) is 5.92. The molecule has 0 spiro atoms. The van der Waals surface area contributed by atoms with Crippen molar-refractivity contribution in [2.75, 3.05) is 5.73 Å². The van der Waals surface area contributed by atoms with Crippen molar-refractivity contribution in [3.8, 4) is 0 Å². The molecule has 2 nitrogen and oxygen atoms in total. The molecule has 0 aliphatic heterocycles. The lowest BCUT2D eigenvalue weighted by atomic mass is 10.2. The predicted octanol–water partition coefficient (Wildman–Crippen LogP) is 3.55. The highest BCUT2D eigenvalue weighted by atomic mass is 19.1. The fourth-order valence-electron chi connectivity index (χ4n) is 2.17. The van der Waals surface area contributed by atoms with Gasteiger partial charge in [0.1, 0.15) is 11.6 Å². The Balaban J connectivity index is 1.98. The number of aromatic nitrogens is 1. The van der Waals surface area contributed by atoms with Gasteiger partial charge in [-0.15, -0.1) is 0 Å². The second-order valence-corrected chi connectivity index (χ2v) is 4.50. The number of nitrogens with zero attached hydrogens (tertiary/aromatic N) is 1. The van der Waals surface area contributed by atoms with Gasteiger partial charge in [0.05, 0.1) is 5.69 Å². The van der Waals surface area contributed by atoms with E-state index in [1.165, 1.54) is 18.2 Å². The highest BCUT2D eigenvalue weighted by Gasteiger charge is 2.05. The Hall–Kier alpha value is -2.36. The molecule has 0 saturated heterocycles. The first-order chi connectivity index (χ1) is 9.13. The Morgan fingerprint density at radius 2 is 1.84 bits per heavy atom. The normalized spacial score (nSPS) is 11.1. The second kappa shape index (κ2) is 4.39. The van der Waals surface area contributed by atoms with Crippen LogP contribution in [0.1, 0.15) is 5.56 Å². The summed E-state index contributed by atoms with van der Waals surface area (Å²) in [5, 5.41) is 0.830. The Morgan fingerprint density at radius 3 is 2.63 bits per heavy atom. The third-order valence-electron chi connectivity index (χ3n) is 3.15. The number of anilines is 1. The molecule has 2 aromatic carbocycles. The highest BCUT2D eigenvalue weighted by molar-refractivity contribution is 5.80. The second-order valence-electron chi connectivity index (χ2n) is 4.50. The number of halogens is 2. The molecule has 0 bridgehead atoms. The number of nitrogens with two attached hydrogens (primary N) is 1. The topological polar surface area (TPSA) is 30.9 Å². The van der Waals surface area contributed by atoms with E-state index >= 15 is 0 Å². The quantitative estimate of drug-likeness (QED) is 0.700. The van der Waals surface area contributed by atoms with Crippen LogP contribution in [0.4, 0.5) is 14.5 Å². The van der Waals surface area contributed by atoms with Crippen LogP contribution in [-0.4, -0.2) is 4.57 Å². The van der Waals surface area contributed by atoms with Gasteiger partial charge < -0.3 is 10.3 Å². The zero-order valence-electron chi connectivity index (χ0n) is 10.1. The number of hydrogen-bond acceptors (Lipinski definition) is 1. The molecule has 0 unspecified atom stereocenters. The van der Waals surface area contributed by atoms with Gasteiger partial charge in [0.2, 0.25) is 0 Å². The third kappa shape index (κ3) is 2.17. The van der Waals surface area contributed by atoms with E-state index in [2.05, 4.69) is 0 Å². The fourth-order valence-corrected chi connectivity index (χ4v) is 2.17. The molecule has 0 atom stereocenters. The van der Waals surface area contributed by atoms with Crippen LogP contribution in [0, 0.1) is 11.6 Å². The zero-order chi connectivity index (χ0) is 13.4. The van der Waals surface area contributed by atoms with Crippen molar-refractivity contribution in [1.82, 2.24) is 4.57 Å². The Kier molecular flexibility index (Phi) is 2.71. The monoisotopic (exact) mass is 258 g/mol. The fraction of sp³-hybridized carbons (Fsp3) is 0.0667. The predicted molar refractivity (Wildman–Crippen MR) is 71.8 cm³/mol. The maximum Gasteiger partial charge on any atom is 0.146 e. The van der Waals surface area contributed by atoms with Crippen LogP contribution < -0.4 is 5.73 Å². The van der Waals surface area contributed by atoms with E-state index in [4.69, 9.17) is 5.73 Å². The Bertz CT molecular complexity index is 747. The summed E-state index contributed by atoms with van der Waals surface area (Å²) >= 11 is 0. The van der Waals surface area contributed by atoms with Gasteiger partial charge in [0.15, 0.2) is 0 Å². The van der Waals surface area contributed by atoms with E-state index in [1.54, 1.807) is 18.2 Å². The molecule has 0 aliphatic rings. The molecule has 1 heterocycles. The largest absolute Gasteiger partial charge is 0.396 e. The first kappa shape index (κ1) is 11.7. The van der Waals surface area contributed by atoms with Gasteiger partial charge in [0.25, 0.3) is 0 Å². The number of benzene rings is 2. The van der Waals surface area contributed by atoms with E-state index in [-0.39, 0.29) is 11.5 Å².